The van der Waals surface area contributed by atoms with Crippen LogP contribution in [-0.2, 0) is 12.4 Å². The second-order valence-corrected chi connectivity index (χ2v) is 6.77. The molecule has 0 fully saturated rings. The first-order chi connectivity index (χ1) is 13.0. The maximum atomic E-state index is 13.0. The van der Waals surface area contributed by atoms with E-state index in [1.807, 2.05) is 6.26 Å². The van der Waals surface area contributed by atoms with Gasteiger partial charge in [-0.2, -0.15) is 38.1 Å². The third kappa shape index (κ3) is 6.18. The molecule has 1 N–H and O–H groups in total. The lowest BCUT2D eigenvalue weighted by atomic mass is 10.0. The van der Waals surface area contributed by atoms with Crippen molar-refractivity contribution in [3.63, 3.8) is 0 Å². The Hall–Kier alpha value is -2.17. The van der Waals surface area contributed by atoms with Crippen molar-refractivity contribution in [1.82, 2.24) is 9.97 Å². The Morgan fingerprint density at radius 2 is 1.54 bits per heavy atom. The smallest absolute Gasteiger partial charge is 0.416 e. The van der Waals surface area contributed by atoms with Crippen LogP contribution in [0.3, 0.4) is 0 Å². The summed E-state index contributed by atoms with van der Waals surface area (Å²) in [6.07, 6.45) is -5.14. The van der Waals surface area contributed by atoms with E-state index in [4.69, 9.17) is 4.74 Å². The first kappa shape index (κ1) is 22.1. The molecular formula is C17H17F6N3OS. The lowest BCUT2D eigenvalue weighted by molar-refractivity contribution is -0.143. The van der Waals surface area contributed by atoms with Crippen LogP contribution in [0.1, 0.15) is 29.7 Å². The van der Waals surface area contributed by atoms with Crippen molar-refractivity contribution in [1.29, 1.82) is 0 Å². The summed E-state index contributed by atoms with van der Waals surface area (Å²) in [6.45, 7) is 1.88. The summed E-state index contributed by atoms with van der Waals surface area (Å²) in [6, 6.07) is 0.541. The van der Waals surface area contributed by atoms with Crippen LogP contribution < -0.4 is 10.1 Å². The van der Waals surface area contributed by atoms with Crippen molar-refractivity contribution >= 4 is 17.7 Å². The minimum atomic E-state index is -4.90. The molecule has 1 heterocycles. The highest BCUT2D eigenvalue weighted by molar-refractivity contribution is 7.98. The second kappa shape index (κ2) is 8.89. The van der Waals surface area contributed by atoms with Gasteiger partial charge in [0.05, 0.1) is 36.2 Å². The normalized spacial score (nSPS) is 13.3. The van der Waals surface area contributed by atoms with Gasteiger partial charge in [-0.3, -0.25) is 0 Å². The Morgan fingerprint density at radius 1 is 1.00 bits per heavy atom. The Bertz CT molecular complexity index is 748. The number of aromatic nitrogens is 2. The maximum Gasteiger partial charge on any atom is 0.416 e. The molecule has 1 unspecified atom stereocenters. The van der Waals surface area contributed by atoms with Crippen LogP contribution in [0.25, 0.3) is 0 Å². The van der Waals surface area contributed by atoms with Crippen LogP contribution in [0.15, 0.2) is 30.6 Å². The van der Waals surface area contributed by atoms with Gasteiger partial charge in [0, 0.05) is 5.75 Å². The molecule has 154 valence electrons. The van der Waals surface area contributed by atoms with Crippen LogP contribution in [0, 0.1) is 0 Å². The summed E-state index contributed by atoms with van der Waals surface area (Å²) >= 11 is 1.60. The lowest BCUT2D eigenvalue weighted by Gasteiger charge is -2.19. The quantitative estimate of drug-likeness (QED) is 0.474. The molecule has 1 aromatic carbocycles. The monoisotopic (exact) mass is 425 g/mol. The van der Waals surface area contributed by atoms with Gasteiger partial charge in [0.25, 0.3) is 0 Å². The van der Waals surface area contributed by atoms with Gasteiger partial charge in [-0.1, -0.05) is 0 Å². The largest absolute Gasteiger partial charge is 0.489 e. The molecule has 28 heavy (non-hydrogen) atoms. The molecule has 2 aromatic rings. The predicted molar refractivity (Wildman–Crippen MR) is 94.4 cm³/mol. The summed E-state index contributed by atoms with van der Waals surface area (Å²) in [5, 5.41) is 2.69. The Balaban J connectivity index is 2.20. The molecule has 2 rings (SSSR count). The molecule has 0 spiro atoms. The Labute approximate surface area is 161 Å². The molecule has 0 aliphatic rings. The molecule has 1 atom stereocenters. The van der Waals surface area contributed by atoms with E-state index in [1.54, 1.807) is 11.8 Å². The van der Waals surface area contributed by atoms with Crippen molar-refractivity contribution < 1.29 is 31.1 Å². The molecule has 0 amide bonds. The summed E-state index contributed by atoms with van der Waals surface area (Å²) in [5.41, 5.74) is -2.93. The highest BCUT2D eigenvalue weighted by Gasteiger charge is 2.37. The van der Waals surface area contributed by atoms with Crippen molar-refractivity contribution in [2.45, 2.75) is 25.3 Å². The zero-order valence-corrected chi connectivity index (χ0v) is 15.7. The summed E-state index contributed by atoms with van der Waals surface area (Å²) in [4.78, 5) is 7.93. The van der Waals surface area contributed by atoms with Gasteiger partial charge in [0.2, 0.25) is 5.95 Å². The van der Waals surface area contributed by atoms with Crippen LogP contribution in [0.5, 0.6) is 5.75 Å². The molecule has 0 saturated heterocycles. The maximum absolute atomic E-state index is 13.0. The fourth-order valence-electron chi connectivity index (χ4n) is 2.21. The fourth-order valence-corrected chi connectivity index (χ4v) is 2.46. The average Bonchev–Trinajstić information content (AvgIpc) is 2.61. The van der Waals surface area contributed by atoms with Crippen molar-refractivity contribution in [2.75, 3.05) is 23.9 Å². The Morgan fingerprint density at radius 3 is 2.00 bits per heavy atom. The first-order valence-electron chi connectivity index (χ1n) is 8.00. The van der Waals surface area contributed by atoms with Gasteiger partial charge in [-0.15, -0.1) is 0 Å². The van der Waals surface area contributed by atoms with Gasteiger partial charge < -0.3 is 10.1 Å². The number of nitrogens with one attached hydrogen (secondary N) is 1. The second-order valence-electron chi connectivity index (χ2n) is 5.79. The van der Waals surface area contributed by atoms with Crippen molar-refractivity contribution in [3.8, 4) is 5.75 Å². The minimum Gasteiger partial charge on any atom is -0.489 e. The van der Waals surface area contributed by atoms with E-state index in [2.05, 4.69) is 15.3 Å². The van der Waals surface area contributed by atoms with Crippen molar-refractivity contribution in [3.05, 3.63) is 47.3 Å². The van der Waals surface area contributed by atoms with Crippen LogP contribution >= 0.6 is 11.8 Å². The van der Waals surface area contributed by atoms with E-state index < -0.39 is 29.5 Å². The van der Waals surface area contributed by atoms with Gasteiger partial charge >= 0.3 is 12.4 Å². The number of rotatable bonds is 7. The fraction of sp³-hybridized carbons (Fsp3) is 0.412. The number of thioether (sulfide) groups is 1. The molecule has 0 aliphatic heterocycles. The number of halogens is 6. The minimum absolute atomic E-state index is 0.0516. The highest BCUT2D eigenvalue weighted by atomic mass is 32.2. The predicted octanol–water partition coefficient (Wildman–Crippen LogP) is 5.43. The highest BCUT2D eigenvalue weighted by Crippen LogP contribution is 2.37. The van der Waals surface area contributed by atoms with E-state index in [0.717, 1.165) is 5.75 Å². The van der Waals surface area contributed by atoms with E-state index in [-0.39, 0.29) is 17.6 Å². The average molecular weight is 425 g/mol. The molecule has 0 saturated carbocycles. The zero-order chi connectivity index (χ0) is 20.9. The SMILES string of the molecule is CSCCOc1cnc(NC(C)c2cc(C(F)(F)F)cc(C(F)(F)F)c2)nc1. The number of alkyl halides is 6. The van der Waals surface area contributed by atoms with Gasteiger partial charge in [0.15, 0.2) is 5.75 Å². The van der Waals surface area contributed by atoms with Crippen LogP contribution in [-0.4, -0.2) is 28.6 Å². The summed E-state index contributed by atoms with van der Waals surface area (Å²) in [7, 11) is 0. The number of hydrogen-bond acceptors (Lipinski definition) is 5. The zero-order valence-electron chi connectivity index (χ0n) is 14.9. The number of benzene rings is 1. The van der Waals surface area contributed by atoms with Crippen LogP contribution in [0.2, 0.25) is 0 Å². The lowest BCUT2D eigenvalue weighted by Crippen LogP contribution is -2.15. The molecule has 4 nitrogen and oxygen atoms in total. The van der Waals surface area contributed by atoms with E-state index in [9.17, 15) is 26.3 Å². The van der Waals surface area contributed by atoms with Gasteiger partial charge in [-0.05, 0) is 36.9 Å². The van der Waals surface area contributed by atoms with E-state index in [0.29, 0.717) is 24.5 Å². The number of anilines is 1. The molecule has 0 radical (unpaired) electrons. The van der Waals surface area contributed by atoms with E-state index in [1.165, 1.54) is 19.3 Å². The topological polar surface area (TPSA) is 47.0 Å². The van der Waals surface area contributed by atoms with Crippen LogP contribution in [0.4, 0.5) is 32.3 Å². The number of nitrogens with zero attached hydrogens (tertiary/aromatic N) is 2. The summed E-state index contributed by atoms with van der Waals surface area (Å²) < 4.78 is 83.2. The first-order valence-corrected chi connectivity index (χ1v) is 9.40. The van der Waals surface area contributed by atoms with Gasteiger partial charge in [0.1, 0.15) is 0 Å². The third-order valence-corrected chi connectivity index (χ3v) is 4.21. The summed E-state index contributed by atoms with van der Waals surface area (Å²) in [5.74, 6) is 1.23. The number of hydrogen-bond donors (Lipinski definition) is 1. The number of ether oxygens (including phenoxy) is 1. The molecule has 0 aliphatic carbocycles. The molecule has 1 aromatic heterocycles. The molecule has 0 bridgehead atoms. The van der Waals surface area contributed by atoms with E-state index >= 15 is 0 Å². The van der Waals surface area contributed by atoms with Crippen molar-refractivity contribution in [2.24, 2.45) is 0 Å². The Kier molecular flexibility index (Phi) is 7.02. The standard InChI is InChI=1S/C17H17F6N3OS/c1-10(26-15-24-8-14(9-25-15)27-3-4-28-2)11-5-12(16(18,19)20)7-13(6-11)17(21,22)23/h5-10H,3-4H2,1-2H3,(H,24,25,26). The molecular weight excluding hydrogens is 408 g/mol. The third-order valence-electron chi connectivity index (χ3n) is 3.64. The molecule has 11 heteroatoms. The van der Waals surface area contributed by atoms with Gasteiger partial charge in [-0.25, -0.2) is 9.97 Å².